The van der Waals surface area contributed by atoms with Gasteiger partial charge in [-0.05, 0) is 50.6 Å². The van der Waals surface area contributed by atoms with E-state index >= 15 is 0 Å². The van der Waals surface area contributed by atoms with Gasteiger partial charge in [0.15, 0.2) is 0 Å². The van der Waals surface area contributed by atoms with Crippen molar-refractivity contribution in [3.8, 4) is 0 Å². The van der Waals surface area contributed by atoms with Gasteiger partial charge in [0.1, 0.15) is 5.82 Å². The van der Waals surface area contributed by atoms with Gasteiger partial charge in [-0.3, -0.25) is 0 Å². The number of rotatable bonds is 7. The molecule has 2 nitrogen and oxygen atoms in total. The minimum atomic E-state index is -0.187. The van der Waals surface area contributed by atoms with Crippen molar-refractivity contribution in [2.75, 3.05) is 13.6 Å². The number of hydrogen-bond donors (Lipinski definition) is 1. The zero-order chi connectivity index (χ0) is 12.7. The van der Waals surface area contributed by atoms with Gasteiger partial charge < -0.3 is 10.6 Å². The maximum Gasteiger partial charge on any atom is 0.123 e. The molecule has 0 spiro atoms. The fourth-order valence-electron chi connectivity index (χ4n) is 1.66. The molecule has 0 aliphatic heterocycles. The van der Waals surface area contributed by atoms with Crippen LogP contribution in [-0.2, 0) is 6.54 Å². The molecule has 0 fully saturated rings. The second kappa shape index (κ2) is 7.35. The van der Waals surface area contributed by atoms with E-state index in [0.717, 1.165) is 37.9 Å². The summed E-state index contributed by atoms with van der Waals surface area (Å²) in [5.74, 6) is -0.187. The third kappa shape index (κ3) is 6.34. The first kappa shape index (κ1) is 14.1. The fraction of sp³-hybridized carbons (Fsp3) is 0.462. The van der Waals surface area contributed by atoms with Crippen LogP contribution in [0.5, 0.6) is 0 Å². The summed E-state index contributed by atoms with van der Waals surface area (Å²) in [7, 11) is 2.06. The number of hydrogen-bond acceptors (Lipinski definition) is 2. The molecule has 0 aliphatic carbocycles. The summed E-state index contributed by atoms with van der Waals surface area (Å²) in [6.07, 6.45) is 2.93. The number of unbranched alkanes of at least 4 members (excludes halogenated alkanes) is 1. The van der Waals surface area contributed by atoms with Gasteiger partial charge >= 0.3 is 0 Å². The molecule has 0 aromatic heterocycles. The van der Waals surface area contributed by atoms with Gasteiger partial charge in [0.2, 0.25) is 0 Å². The molecule has 4 heteroatoms. The Bertz CT molecular complexity index is 351. The van der Waals surface area contributed by atoms with Gasteiger partial charge in [-0.2, -0.15) is 0 Å². The molecule has 1 rings (SSSR count). The Hall–Kier alpha value is -1.00. The maximum atomic E-state index is 12.7. The van der Waals surface area contributed by atoms with Crippen LogP contribution in [0.15, 0.2) is 24.3 Å². The molecular weight excluding hydrogens is 235 g/mol. The first-order valence-corrected chi connectivity index (χ1v) is 6.20. The first-order chi connectivity index (χ1) is 8.08. The smallest absolute Gasteiger partial charge is 0.123 e. The van der Waals surface area contributed by atoms with Crippen LogP contribution in [0.4, 0.5) is 4.39 Å². The summed E-state index contributed by atoms with van der Waals surface area (Å²) in [6.45, 7) is 1.84. The van der Waals surface area contributed by atoms with Crippen LogP contribution in [0.1, 0.15) is 24.8 Å². The molecule has 0 saturated heterocycles. The van der Waals surface area contributed by atoms with Crippen LogP contribution >= 0.6 is 12.2 Å². The number of halogens is 1. The Morgan fingerprint density at radius 1 is 1.29 bits per heavy atom. The average Bonchev–Trinajstić information content (AvgIpc) is 2.27. The van der Waals surface area contributed by atoms with Crippen LogP contribution in [0.25, 0.3) is 0 Å². The SMILES string of the molecule is CN(CCCCC(N)=S)Cc1ccc(F)cc1. The lowest BCUT2D eigenvalue weighted by molar-refractivity contribution is 0.319. The molecule has 0 amide bonds. The lowest BCUT2D eigenvalue weighted by atomic mass is 10.2. The summed E-state index contributed by atoms with van der Waals surface area (Å²) in [5.41, 5.74) is 6.56. The van der Waals surface area contributed by atoms with Gasteiger partial charge in [-0.1, -0.05) is 24.4 Å². The Morgan fingerprint density at radius 2 is 1.94 bits per heavy atom. The average molecular weight is 254 g/mol. The minimum absolute atomic E-state index is 0.187. The van der Waals surface area contributed by atoms with Crippen molar-refractivity contribution in [3.05, 3.63) is 35.6 Å². The topological polar surface area (TPSA) is 29.3 Å². The Morgan fingerprint density at radius 3 is 2.53 bits per heavy atom. The van der Waals surface area contributed by atoms with Crippen molar-refractivity contribution in [1.82, 2.24) is 4.90 Å². The third-order valence-corrected chi connectivity index (χ3v) is 2.78. The molecule has 94 valence electrons. The summed E-state index contributed by atoms with van der Waals surface area (Å²) >= 11 is 4.82. The zero-order valence-corrected chi connectivity index (χ0v) is 11.0. The minimum Gasteiger partial charge on any atom is -0.393 e. The van der Waals surface area contributed by atoms with Gasteiger partial charge in [0, 0.05) is 6.54 Å². The van der Waals surface area contributed by atoms with Crippen molar-refractivity contribution in [2.24, 2.45) is 5.73 Å². The Kier molecular flexibility index (Phi) is 6.08. The Labute approximate surface area is 108 Å². The summed E-state index contributed by atoms with van der Waals surface area (Å²) in [6, 6.07) is 6.63. The molecule has 0 aliphatic rings. The van der Waals surface area contributed by atoms with E-state index < -0.39 is 0 Å². The lowest BCUT2D eigenvalue weighted by Gasteiger charge is -2.16. The van der Waals surface area contributed by atoms with Gasteiger partial charge in [-0.15, -0.1) is 0 Å². The molecule has 1 aromatic carbocycles. The van der Waals surface area contributed by atoms with Crippen molar-refractivity contribution in [2.45, 2.75) is 25.8 Å². The highest BCUT2D eigenvalue weighted by atomic mass is 32.1. The number of benzene rings is 1. The molecule has 17 heavy (non-hydrogen) atoms. The molecule has 0 saturated carbocycles. The van der Waals surface area contributed by atoms with Crippen molar-refractivity contribution in [1.29, 1.82) is 0 Å². The van der Waals surface area contributed by atoms with Crippen molar-refractivity contribution in [3.63, 3.8) is 0 Å². The number of nitrogens with zero attached hydrogens (tertiary/aromatic N) is 1. The number of thiocarbonyl (C=S) groups is 1. The second-order valence-corrected chi connectivity index (χ2v) is 4.81. The number of nitrogens with two attached hydrogens (primary N) is 1. The van der Waals surface area contributed by atoms with Crippen LogP contribution in [0.2, 0.25) is 0 Å². The molecular formula is C13H19FN2S. The van der Waals surface area contributed by atoms with E-state index in [9.17, 15) is 4.39 Å². The van der Waals surface area contributed by atoms with Gasteiger partial charge in [0.25, 0.3) is 0 Å². The predicted octanol–water partition coefficient (Wildman–Crippen LogP) is 2.71. The lowest BCUT2D eigenvalue weighted by Crippen LogP contribution is -2.19. The molecule has 0 atom stereocenters. The molecule has 0 unspecified atom stereocenters. The van der Waals surface area contributed by atoms with Crippen LogP contribution in [-0.4, -0.2) is 23.5 Å². The monoisotopic (exact) mass is 254 g/mol. The van der Waals surface area contributed by atoms with E-state index in [4.69, 9.17) is 18.0 Å². The standard InChI is InChI=1S/C13H19FN2S/c1-16(9-3-2-4-13(15)17)10-11-5-7-12(14)8-6-11/h5-8H,2-4,9-10H2,1H3,(H2,15,17). The van der Waals surface area contributed by atoms with E-state index in [1.807, 2.05) is 12.1 Å². The van der Waals surface area contributed by atoms with E-state index in [0.29, 0.717) is 4.99 Å². The maximum absolute atomic E-state index is 12.7. The zero-order valence-electron chi connectivity index (χ0n) is 10.2. The fourth-order valence-corrected chi connectivity index (χ4v) is 1.81. The molecule has 1 aromatic rings. The Balaban J connectivity index is 2.22. The summed E-state index contributed by atoms with van der Waals surface area (Å²) in [4.78, 5) is 2.80. The predicted molar refractivity (Wildman–Crippen MR) is 73.4 cm³/mol. The highest BCUT2D eigenvalue weighted by molar-refractivity contribution is 7.80. The van der Waals surface area contributed by atoms with Crippen LogP contribution in [0, 0.1) is 5.82 Å². The van der Waals surface area contributed by atoms with E-state index in [-0.39, 0.29) is 5.82 Å². The van der Waals surface area contributed by atoms with Crippen LogP contribution in [0.3, 0.4) is 0 Å². The molecule has 2 N–H and O–H groups in total. The quantitative estimate of drug-likeness (QED) is 0.599. The molecule has 0 heterocycles. The highest BCUT2D eigenvalue weighted by Gasteiger charge is 2.01. The van der Waals surface area contributed by atoms with Crippen molar-refractivity contribution >= 4 is 17.2 Å². The summed E-state index contributed by atoms with van der Waals surface area (Å²) in [5, 5.41) is 0. The third-order valence-electron chi connectivity index (χ3n) is 2.58. The highest BCUT2D eigenvalue weighted by Crippen LogP contribution is 2.06. The van der Waals surface area contributed by atoms with E-state index in [1.54, 1.807) is 0 Å². The van der Waals surface area contributed by atoms with Gasteiger partial charge in [0.05, 0.1) is 4.99 Å². The molecule has 0 radical (unpaired) electrons. The first-order valence-electron chi connectivity index (χ1n) is 5.79. The van der Waals surface area contributed by atoms with Gasteiger partial charge in [-0.25, -0.2) is 4.39 Å². The van der Waals surface area contributed by atoms with E-state index in [2.05, 4.69) is 11.9 Å². The van der Waals surface area contributed by atoms with Crippen molar-refractivity contribution < 1.29 is 4.39 Å². The summed E-state index contributed by atoms with van der Waals surface area (Å²) < 4.78 is 12.7. The molecule has 0 bridgehead atoms. The largest absolute Gasteiger partial charge is 0.393 e. The normalized spacial score (nSPS) is 10.8. The van der Waals surface area contributed by atoms with E-state index in [1.165, 1.54) is 12.1 Å². The second-order valence-electron chi connectivity index (χ2n) is 4.29. The van der Waals surface area contributed by atoms with Crippen LogP contribution < -0.4 is 5.73 Å².